The largest absolute Gasteiger partial charge is 0.508 e. The number of phenolic OH excluding ortho intramolecular Hbond substituents is 1. The van der Waals surface area contributed by atoms with Crippen molar-refractivity contribution in [2.24, 2.45) is 5.73 Å². The zero-order valence-electron chi connectivity index (χ0n) is 19.1. The number of carbonyl (C=O) groups is 2. The van der Waals surface area contributed by atoms with E-state index in [4.69, 9.17) is 32.6 Å². The zero-order chi connectivity index (χ0) is 28.4. The number of amidine groups is 1. The summed E-state index contributed by atoms with van der Waals surface area (Å²) in [6.45, 7) is 0.413. The Morgan fingerprint density at radius 3 is 2.50 bits per heavy atom. The Hall–Kier alpha value is -3.40. The minimum atomic E-state index is -5.08. The number of rotatable bonds is 6. The number of aliphatic carboxylic acids is 1. The van der Waals surface area contributed by atoms with E-state index in [-0.39, 0.29) is 28.2 Å². The van der Waals surface area contributed by atoms with E-state index in [1.165, 1.54) is 23.1 Å². The van der Waals surface area contributed by atoms with Crippen LogP contribution in [0.2, 0.25) is 5.02 Å². The van der Waals surface area contributed by atoms with E-state index < -0.39 is 28.2 Å². The van der Waals surface area contributed by atoms with E-state index in [0.717, 1.165) is 16.0 Å². The average Bonchev–Trinajstić information content (AvgIpc) is 3.41. The number of carbonyl (C=O) groups excluding carboxylic acids is 1. The molecular weight excluding hydrogens is 573 g/mol. The third kappa shape index (κ3) is 6.72. The number of carboxylic acid groups (broad SMARTS) is 1. The summed E-state index contributed by atoms with van der Waals surface area (Å²) >= 11 is 7.23. The molecule has 1 amide bonds. The third-order valence-corrected chi connectivity index (χ3v) is 8.71. The SMILES string of the molecule is N=C(N)c1ccc(O)c(CN2CCC(NS(=O)(=O)c3cc4c(Cl)cccc4s3)C2=O)c1.O=C(O)C(F)(F)F. The van der Waals surface area contributed by atoms with Gasteiger partial charge in [-0.1, -0.05) is 17.7 Å². The van der Waals surface area contributed by atoms with Gasteiger partial charge in [-0.05, 0) is 42.8 Å². The van der Waals surface area contributed by atoms with E-state index >= 15 is 0 Å². The number of nitrogens with zero attached hydrogens (tertiary/aromatic N) is 1. The first-order valence-electron chi connectivity index (χ1n) is 10.6. The first kappa shape index (κ1) is 29.2. The lowest BCUT2D eigenvalue weighted by molar-refractivity contribution is -0.192. The van der Waals surface area contributed by atoms with Crippen molar-refractivity contribution in [1.29, 1.82) is 5.41 Å². The maximum atomic E-state index is 12.9. The normalized spacial score (nSPS) is 15.8. The van der Waals surface area contributed by atoms with Crippen molar-refractivity contribution in [1.82, 2.24) is 9.62 Å². The van der Waals surface area contributed by atoms with Crippen LogP contribution in [0.15, 0.2) is 46.7 Å². The summed E-state index contributed by atoms with van der Waals surface area (Å²) < 4.78 is 60.8. The summed E-state index contributed by atoms with van der Waals surface area (Å²) in [6, 6.07) is 10.3. The smallest absolute Gasteiger partial charge is 0.490 e. The molecule has 0 saturated carbocycles. The van der Waals surface area contributed by atoms with Crippen molar-refractivity contribution in [2.75, 3.05) is 6.54 Å². The average molecular weight is 593 g/mol. The molecule has 1 atom stereocenters. The van der Waals surface area contributed by atoms with Crippen molar-refractivity contribution in [3.05, 3.63) is 58.6 Å². The van der Waals surface area contributed by atoms with Gasteiger partial charge in [0.15, 0.2) is 0 Å². The molecule has 1 saturated heterocycles. The van der Waals surface area contributed by atoms with Crippen LogP contribution in [0.5, 0.6) is 5.75 Å². The van der Waals surface area contributed by atoms with Crippen LogP contribution in [0.1, 0.15) is 17.5 Å². The molecule has 0 bridgehead atoms. The van der Waals surface area contributed by atoms with Crippen LogP contribution >= 0.6 is 22.9 Å². The van der Waals surface area contributed by atoms with Crippen molar-refractivity contribution in [2.45, 2.75) is 29.4 Å². The number of benzene rings is 2. The van der Waals surface area contributed by atoms with Crippen molar-refractivity contribution in [3.8, 4) is 5.75 Å². The van der Waals surface area contributed by atoms with Gasteiger partial charge >= 0.3 is 12.1 Å². The van der Waals surface area contributed by atoms with Gasteiger partial charge in [-0.25, -0.2) is 13.2 Å². The van der Waals surface area contributed by atoms with Crippen molar-refractivity contribution < 1.29 is 41.4 Å². The van der Waals surface area contributed by atoms with Crippen LogP contribution in [0.3, 0.4) is 0 Å². The number of hydrogen-bond donors (Lipinski definition) is 5. The maximum Gasteiger partial charge on any atom is 0.490 e. The fourth-order valence-corrected chi connectivity index (χ4v) is 6.41. The Morgan fingerprint density at radius 2 is 1.92 bits per heavy atom. The third-order valence-electron chi connectivity index (χ3n) is 5.34. The number of sulfonamides is 1. The molecule has 1 aliphatic heterocycles. The van der Waals surface area contributed by atoms with Crippen molar-refractivity contribution >= 4 is 60.8 Å². The Morgan fingerprint density at radius 1 is 1.26 bits per heavy atom. The second-order valence-electron chi connectivity index (χ2n) is 8.00. The van der Waals surface area contributed by atoms with Gasteiger partial charge in [0.2, 0.25) is 5.91 Å². The number of phenols is 1. The predicted molar refractivity (Wildman–Crippen MR) is 134 cm³/mol. The molecule has 1 unspecified atom stereocenters. The predicted octanol–water partition coefficient (Wildman–Crippen LogP) is 3.26. The van der Waals surface area contributed by atoms with Crippen molar-refractivity contribution in [3.63, 3.8) is 0 Å². The minimum Gasteiger partial charge on any atom is -0.508 e. The van der Waals surface area contributed by atoms with Crippen LogP contribution in [0.4, 0.5) is 13.2 Å². The molecule has 2 aromatic carbocycles. The highest BCUT2D eigenvalue weighted by atomic mass is 35.5. The van der Waals surface area contributed by atoms with Gasteiger partial charge in [0.1, 0.15) is 21.8 Å². The van der Waals surface area contributed by atoms with Crippen LogP contribution < -0.4 is 10.5 Å². The van der Waals surface area contributed by atoms with Gasteiger partial charge in [-0.15, -0.1) is 11.3 Å². The number of likely N-dealkylation sites (tertiary alicyclic amines) is 1. The second-order valence-corrected chi connectivity index (χ2v) is 11.4. The molecule has 3 aromatic rings. The Balaban J connectivity index is 0.000000505. The molecule has 0 radical (unpaired) electrons. The number of hydrogen-bond acceptors (Lipinski definition) is 7. The van der Waals surface area contributed by atoms with Crippen LogP contribution in [-0.2, 0) is 26.2 Å². The highest BCUT2D eigenvalue weighted by Crippen LogP contribution is 2.34. The van der Waals surface area contributed by atoms with E-state index in [0.29, 0.717) is 34.5 Å². The van der Waals surface area contributed by atoms with E-state index in [2.05, 4.69) is 4.72 Å². The molecule has 0 spiro atoms. The summed E-state index contributed by atoms with van der Waals surface area (Å²) in [5.74, 6) is -3.31. The summed E-state index contributed by atoms with van der Waals surface area (Å²) in [6.07, 6.45) is -4.78. The van der Waals surface area contributed by atoms with Gasteiger partial charge in [-0.3, -0.25) is 10.2 Å². The summed E-state index contributed by atoms with van der Waals surface area (Å²) in [5, 5.41) is 25.8. The number of nitrogen functional groups attached to an aromatic ring is 1. The highest BCUT2D eigenvalue weighted by molar-refractivity contribution is 7.91. The van der Waals surface area contributed by atoms with Crippen LogP contribution in [-0.4, -0.2) is 60.0 Å². The number of fused-ring (bicyclic) bond motifs is 1. The molecule has 1 aromatic heterocycles. The summed E-state index contributed by atoms with van der Waals surface area (Å²) in [5.41, 5.74) is 6.35. The van der Waals surface area contributed by atoms with Gasteiger partial charge in [0.05, 0.1) is 0 Å². The second kappa shape index (κ2) is 11.1. The van der Waals surface area contributed by atoms with Gasteiger partial charge in [0.25, 0.3) is 10.0 Å². The van der Waals surface area contributed by atoms with Gasteiger partial charge in [0, 0.05) is 39.3 Å². The molecular formula is C22H20ClF3N4O6S2. The van der Waals surface area contributed by atoms with Crippen LogP contribution in [0, 0.1) is 5.41 Å². The molecule has 2 heterocycles. The van der Waals surface area contributed by atoms with E-state index in [1.807, 2.05) is 0 Å². The Bertz CT molecular complexity index is 1510. The molecule has 4 rings (SSSR count). The first-order chi connectivity index (χ1) is 17.6. The standard InChI is InChI=1S/C20H19ClN4O4S2.C2HF3O2/c21-14-2-1-3-17-13(14)9-18(30-17)31(28,29)24-15-6-7-25(20(15)27)10-12-8-11(19(22)23)4-5-16(12)26;3-2(4,5)1(6)7/h1-5,8-9,15,24,26H,6-7,10H2,(H3,22,23);(H,6,7). The van der Waals surface area contributed by atoms with E-state index in [1.54, 1.807) is 24.3 Å². The fourth-order valence-electron chi connectivity index (χ4n) is 3.47. The molecule has 6 N–H and O–H groups in total. The lowest BCUT2D eigenvalue weighted by atomic mass is 10.1. The minimum absolute atomic E-state index is 0.0241. The molecule has 204 valence electrons. The number of nitrogens with two attached hydrogens (primary N) is 1. The van der Waals surface area contributed by atoms with E-state index in [9.17, 15) is 31.5 Å². The fraction of sp³-hybridized carbons (Fsp3) is 0.227. The summed E-state index contributed by atoms with van der Waals surface area (Å²) in [7, 11) is -3.91. The van der Waals surface area contributed by atoms with Gasteiger partial charge < -0.3 is 20.8 Å². The number of nitrogens with one attached hydrogen (secondary N) is 2. The Kier molecular flexibility index (Phi) is 8.55. The topological polar surface area (TPSA) is 174 Å². The van der Waals surface area contributed by atoms with Gasteiger partial charge in [-0.2, -0.15) is 17.9 Å². The number of thiophene rings is 1. The lowest BCUT2D eigenvalue weighted by Crippen LogP contribution is -2.41. The molecule has 16 heteroatoms. The highest BCUT2D eigenvalue weighted by Gasteiger charge is 2.38. The first-order valence-corrected chi connectivity index (χ1v) is 13.2. The monoisotopic (exact) mass is 592 g/mol. The Labute approximate surface area is 223 Å². The lowest BCUT2D eigenvalue weighted by Gasteiger charge is -2.18. The molecule has 1 fully saturated rings. The van der Waals surface area contributed by atoms with Crippen LogP contribution in [0.25, 0.3) is 10.1 Å². The molecule has 10 nitrogen and oxygen atoms in total. The number of alkyl halides is 3. The number of amides is 1. The molecule has 0 aliphatic carbocycles. The number of carboxylic acids is 1. The maximum absolute atomic E-state index is 12.9. The quantitative estimate of drug-likeness (QED) is 0.216. The summed E-state index contributed by atoms with van der Waals surface area (Å²) in [4.78, 5) is 23.2. The number of halogens is 4. The molecule has 1 aliphatic rings. The number of aromatic hydroxyl groups is 1. The molecule has 38 heavy (non-hydrogen) atoms. The zero-order valence-corrected chi connectivity index (χ0v) is 21.5.